The number of carboxylic acids is 1. The molecule has 0 unspecified atom stereocenters. The van der Waals surface area contributed by atoms with Gasteiger partial charge >= 0.3 is 12.3 Å². The zero-order valence-electron chi connectivity index (χ0n) is 35.2. The maximum Gasteiger partial charge on any atom is 0.573 e. The number of carbonyl (C=O) groups is 2. The molecule has 0 radical (unpaired) electrons. The standard InChI is InChI=1S/C47H41F3N6O10S/c48-47(49,50)66-34-9-4-30(5-10-34)55-42-26-39(53-27-54-42)28-2-1-3-29(22-28)44(59)51-14-16-62-18-20-64-21-19-63-17-15-52-46(67)56-31-6-11-35(38(23-31)45(60)61)43-36-12-7-32(57)24-40(36)65-41-25-33(58)8-13-37(41)43/h1-13,22-27,57H,14-21H2,(H,51,59)(H,60,61)(H2,52,56,67)(H,53,54,55). The number of rotatable bonds is 20. The lowest BCUT2D eigenvalue weighted by atomic mass is 9.90. The number of hydrogen-bond acceptors (Lipinski definition) is 13. The van der Waals surface area contributed by atoms with Crippen molar-refractivity contribution >= 4 is 57.4 Å². The number of anilines is 3. The Balaban J connectivity index is 0.766. The lowest BCUT2D eigenvalue weighted by Crippen LogP contribution is -2.31. The number of ether oxygens (including phenoxy) is 4. The number of halogens is 3. The van der Waals surface area contributed by atoms with Gasteiger partial charge in [-0.15, -0.1) is 13.2 Å². The number of nitrogens with one attached hydrogen (secondary N) is 4. The fourth-order valence-corrected chi connectivity index (χ4v) is 6.97. The molecule has 6 N–H and O–H groups in total. The van der Waals surface area contributed by atoms with Crippen LogP contribution in [0.1, 0.15) is 20.7 Å². The van der Waals surface area contributed by atoms with Gasteiger partial charge in [0.2, 0.25) is 0 Å². The third kappa shape index (κ3) is 13.2. The second-order valence-electron chi connectivity index (χ2n) is 14.4. The van der Waals surface area contributed by atoms with Crippen molar-refractivity contribution in [3.05, 3.63) is 137 Å². The van der Waals surface area contributed by atoms with Crippen molar-refractivity contribution in [2.45, 2.75) is 6.36 Å². The lowest BCUT2D eigenvalue weighted by molar-refractivity contribution is -0.274. The van der Waals surface area contributed by atoms with Crippen LogP contribution in [0.3, 0.4) is 0 Å². The number of amides is 1. The second-order valence-corrected chi connectivity index (χ2v) is 14.8. The Morgan fingerprint density at radius 3 is 2.18 bits per heavy atom. The maximum absolute atomic E-state index is 12.8. The van der Waals surface area contributed by atoms with E-state index in [4.69, 9.17) is 30.8 Å². The minimum Gasteiger partial charge on any atom is -0.508 e. The minimum absolute atomic E-state index is 0.0224. The van der Waals surface area contributed by atoms with Crippen molar-refractivity contribution in [1.82, 2.24) is 20.6 Å². The van der Waals surface area contributed by atoms with Gasteiger partial charge in [-0.1, -0.05) is 18.2 Å². The van der Waals surface area contributed by atoms with Crippen LogP contribution in [0.25, 0.3) is 44.7 Å². The zero-order valence-corrected chi connectivity index (χ0v) is 36.0. The first-order valence-electron chi connectivity index (χ1n) is 20.5. The second kappa shape index (κ2) is 22.0. The van der Waals surface area contributed by atoms with Gasteiger partial charge in [0.15, 0.2) is 10.5 Å². The molecule has 0 atom stereocenters. The van der Waals surface area contributed by atoms with Crippen LogP contribution in [0.2, 0.25) is 0 Å². The summed E-state index contributed by atoms with van der Waals surface area (Å²) >= 11 is 5.41. The largest absolute Gasteiger partial charge is 0.573 e. The number of phenols is 1. The molecule has 2 aliphatic rings. The number of aromatic hydroxyl groups is 1. The van der Waals surface area contributed by atoms with Crippen LogP contribution >= 0.6 is 12.2 Å². The number of fused-ring (bicyclic) bond motifs is 2. The Morgan fingerprint density at radius 1 is 0.746 bits per heavy atom. The minimum atomic E-state index is -4.79. The highest BCUT2D eigenvalue weighted by Gasteiger charge is 2.31. The highest BCUT2D eigenvalue weighted by Crippen LogP contribution is 2.42. The third-order valence-corrected chi connectivity index (χ3v) is 9.96. The van der Waals surface area contributed by atoms with E-state index in [2.05, 4.69) is 36.0 Å². The number of benzene rings is 5. The van der Waals surface area contributed by atoms with Gasteiger partial charge in [0.25, 0.3) is 5.91 Å². The van der Waals surface area contributed by atoms with Gasteiger partial charge in [0.1, 0.15) is 35.0 Å². The van der Waals surface area contributed by atoms with Crippen LogP contribution < -0.4 is 31.4 Å². The predicted octanol–water partition coefficient (Wildman–Crippen LogP) is 7.83. The molecule has 16 nitrogen and oxygen atoms in total. The average Bonchev–Trinajstić information content (AvgIpc) is 3.30. The van der Waals surface area contributed by atoms with Gasteiger partial charge in [-0.2, -0.15) is 0 Å². The number of alkyl halides is 3. The van der Waals surface area contributed by atoms with E-state index in [0.717, 1.165) is 0 Å². The summed E-state index contributed by atoms with van der Waals surface area (Å²) in [5.74, 6) is -1.25. The van der Waals surface area contributed by atoms with Crippen molar-refractivity contribution in [2.75, 3.05) is 63.4 Å². The summed E-state index contributed by atoms with van der Waals surface area (Å²) in [6.45, 7) is 2.43. The summed E-state index contributed by atoms with van der Waals surface area (Å²) in [4.78, 5) is 45.9. The number of hydrogen-bond donors (Lipinski definition) is 6. The quantitative estimate of drug-likeness (QED) is 0.0244. The highest BCUT2D eigenvalue weighted by molar-refractivity contribution is 7.80. The SMILES string of the molecule is O=C(NCCOCCOCCOCCNC(=S)Nc1ccc(-c2c3ccc(=O)cc-3oc3cc(O)ccc23)c(C(=O)O)c1)c1cccc(-c2cc(Nc3ccc(OC(F)(F)F)cc3)ncn2)c1. The number of phenolic OH excluding ortho intramolecular Hbond substituents is 1. The van der Waals surface area contributed by atoms with Crippen molar-refractivity contribution in [3.63, 3.8) is 0 Å². The van der Waals surface area contributed by atoms with E-state index in [-0.39, 0.29) is 58.0 Å². The Morgan fingerprint density at radius 2 is 1.45 bits per heavy atom. The van der Waals surface area contributed by atoms with Gasteiger partial charge in [-0.3, -0.25) is 9.59 Å². The van der Waals surface area contributed by atoms with Crippen molar-refractivity contribution < 1.29 is 56.3 Å². The van der Waals surface area contributed by atoms with E-state index in [9.17, 15) is 37.8 Å². The van der Waals surface area contributed by atoms with Gasteiger partial charge < -0.3 is 54.8 Å². The number of carbonyl (C=O) groups excluding carboxylic acids is 1. The molecule has 20 heteroatoms. The first-order valence-corrected chi connectivity index (χ1v) is 20.9. The zero-order chi connectivity index (χ0) is 47.3. The number of nitrogens with zero attached hydrogens (tertiary/aromatic N) is 2. The summed E-state index contributed by atoms with van der Waals surface area (Å²) in [7, 11) is 0. The molecular weight excluding hydrogens is 898 g/mol. The first-order chi connectivity index (χ1) is 32.3. The molecule has 1 aliphatic heterocycles. The van der Waals surface area contributed by atoms with E-state index in [1.54, 1.807) is 54.6 Å². The molecular formula is C47H41F3N6O10S. The number of thiocarbonyl (C=S) groups is 1. The molecule has 0 bridgehead atoms. The normalized spacial score (nSPS) is 11.3. The molecule has 5 aromatic rings. The summed E-state index contributed by atoms with van der Waals surface area (Å²) in [5, 5.41) is 32.9. The fourth-order valence-electron chi connectivity index (χ4n) is 6.75. The van der Waals surface area contributed by atoms with Crippen molar-refractivity contribution in [3.8, 4) is 45.2 Å². The van der Waals surface area contributed by atoms with Gasteiger partial charge in [0, 0.05) is 70.3 Å². The summed E-state index contributed by atoms with van der Waals surface area (Å²) in [5.41, 5.74) is 3.90. The smallest absolute Gasteiger partial charge is 0.508 e. The van der Waals surface area contributed by atoms with Crippen LogP contribution in [-0.2, 0) is 14.2 Å². The molecule has 1 aliphatic carbocycles. The average molecular weight is 939 g/mol. The van der Waals surface area contributed by atoms with Crippen LogP contribution in [0, 0.1) is 0 Å². The fraction of sp³-hybridized carbons (Fsp3) is 0.191. The number of carboxylic acid groups (broad SMARTS) is 1. The van der Waals surface area contributed by atoms with E-state index >= 15 is 0 Å². The number of aromatic carboxylic acids is 1. The summed E-state index contributed by atoms with van der Waals surface area (Å²) in [6.07, 6.45) is -3.46. The highest BCUT2D eigenvalue weighted by atomic mass is 32.1. The molecule has 67 heavy (non-hydrogen) atoms. The van der Waals surface area contributed by atoms with Gasteiger partial charge in [-0.05, 0) is 90.6 Å². The molecule has 0 spiro atoms. The Kier molecular flexibility index (Phi) is 15.6. The third-order valence-electron chi connectivity index (χ3n) is 9.71. The van der Waals surface area contributed by atoms with E-state index in [1.165, 1.54) is 60.9 Å². The lowest BCUT2D eigenvalue weighted by Gasteiger charge is -2.18. The van der Waals surface area contributed by atoms with Gasteiger partial charge in [-0.25, -0.2) is 14.8 Å². The molecule has 1 amide bonds. The molecule has 0 saturated carbocycles. The summed E-state index contributed by atoms with van der Waals surface area (Å²) < 4.78 is 63.9. The van der Waals surface area contributed by atoms with E-state index < -0.39 is 12.3 Å². The summed E-state index contributed by atoms with van der Waals surface area (Å²) in [6, 6.07) is 27.3. The van der Waals surface area contributed by atoms with Crippen LogP contribution in [0.4, 0.5) is 30.4 Å². The molecule has 2 heterocycles. The Labute approximate surface area is 385 Å². The molecule has 346 valence electrons. The Bertz CT molecular complexity index is 2900. The van der Waals surface area contributed by atoms with Crippen LogP contribution in [0.15, 0.2) is 125 Å². The molecule has 0 fully saturated rings. The number of aromatic nitrogens is 2. The molecule has 0 saturated heterocycles. The monoisotopic (exact) mass is 938 g/mol. The van der Waals surface area contributed by atoms with E-state index in [0.29, 0.717) is 95.7 Å². The van der Waals surface area contributed by atoms with E-state index in [1.807, 2.05) is 0 Å². The molecule has 4 aromatic carbocycles. The van der Waals surface area contributed by atoms with Crippen molar-refractivity contribution in [1.29, 1.82) is 0 Å². The van der Waals surface area contributed by atoms with Gasteiger partial charge in [0.05, 0.1) is 50.9 Å². The Hall–Kier alpha value is -7.65. The predicted molar refractivity (Wildman–Crippen MR) is 246 cm³/mol. The first kappa shape index (κ1) is 47.3. The van der Waals surface area contributed by atoms with Crippen LogP contribution in [-0.4, -0.2) is 96.3 Å². The molecule has 1 aromatic heterocycles. The van der Waals surface area contributed by atoms with Crippen LogP contribution in [0.5, 0.6) is 11.5 Å². The van der Waals surface area contributed by atoms with Crippen molar-refractivity contribution in [2.24, 2.45) is 0 Å². The molecule has 7 rings (SSSR count). The maximum atomic E-state index is 12.8. The topological polar surface area (TPSA) is 216 Å².